The van der Waals surface area contributed by atoms with Gasteiger partial charge in [-0.15, -0.1) is 11.3 Å². The summed E-state index contributed by atoms with van der Waals surface area (Å²) in [6.07, 6.45) is 6.67. The summed E-state index contributed by atoms with van der Waals surface area (Å²) in [6, 6.07) is 0. The number of rotatable bonds is 13. The van der Waals surface area contributed by atoms with Crippen LogP contribution in [-0.2, 0) is 0 Å². The Kier molecular flexibility index (Phi) is 8.96. The van der Waals surface area contributed by atoms with Gasteiger partial charge in [-0.2, -0.15) is 4.98 Å². The molecule has 2 aromatic heterocycles. The van der Waals surface area contributed by atoms with E-state index < -0.39 is 0 Å². The fourth-order valence-corrected chi connectivity index (χ4v) is 4.97. The first kappa shape index (κ1) is 24.6. The van der Waals surface area contributed by atoms with Crippen molar-refractivity contribution in [3.63, 3.8) is 0 Å². The van der Waals surface area contributed by atoms with Crippen molar-refractivity contribution in [2.24, 2.45) is 9.98 Å². The highest BCUT2D eigenvalue weighted by molar-refractivity contribution is 7.13. The summed E-state index contributed by atoms with van der Waals surface area (Å²) in [7, 11) is 0. The van der Waals surface area contributed by atoms with E-state index >= 15 is 0 Å². The maximum absolute atomic E-state index is 6.39. The number of aromatic amines is 1. The molecule has 0 atom stereocenters. The maximum Gasteiger partial charge on any atom is 0.202 e. The van der Waals surface area contributed by atoms with Crippen molar-refractivity contribution in [2.75, 3.05) is 25.0 Å². The van der Waals surface area contributed by atoms with Gasteiger partial charge in [-0.1, -0.05) is 38.1 Å². The van der Waals surface area contributed by atoms with Crippen LogP contribution in [0.3, 0.4) is 0 Å². The van der Waals surface area contributed by atoms with Gasteiger partial charge in [-0.25, -0.2) is 4.99 Å². The Morgan fingerprint density at radius 3 is 2.78 bits per heavy atom. The average molecular weight is 494 g/mol. The molecule has 32 heavy (non-hydrogen) atoms. The van der Waals surface area contributed by atoms with Gasteiger partial charge in [-0.05, 0) is 54.9 Å². The number of aromatic nitrogens is 2. The standard InChI is InChI=1S/C23H30Cl2N6S/c1-5-7-11-31(16(4)20-22(26-6-2)30-23(25)29-20)12-9-8-10-18-27-13-17(28-18)21-19(24)15(3)14-32-21/h6,14,26H,2,4-5,7-13H2,1,3H3,(H,29,30). The van der Waals surface area contributed by atoms with Crippen molar-refractivity contribution in [3.05, 3.63) is 51.2 Å². The predicted octanol–water partition coefficient (Wildman–Crippen LogP) is 6.79. The molecular formula is C23H30Cl2N6S. The van der Waals surface area contributed by atoms with Gasteiger partial charge in [0.15, 0.2) is 5.82 Å². The lowest BCUT2D eigenvalue weighted by Crippen LogP contribution is -2.25. The number of anilines is 1. The van der Waals surface area contributed by atoms with Crippen LogP contribution in [0.25, 0.3) is 5.70 Å². The second-order valence-corrected chi connectivity index (χ2v) is 9.31. The summed E-state index contributed by atoms with van der Waals surface area (Å²) in [5, 5.41) is 6.23. The van der Waals surface area contributed by atoms with Crippen LogP contribution in [0.2, 0.25) is 10.3 Å². The molecule has 172 valence electrons. The Labute approximate surface area is 204 Å². The number of halogens is 2. The monoisotopic (exact) mass is 492 g/mol. The average Bonchev–Trinajstić information content (AvgIpc) is 3.47. The number of nitrogens with one attached hydrogen (secondary N) is 2. The fraction of sp³-hybridized carbons (Fsp3) is 0.435. The Morgan fingerprint density at radius 1 is 1.31 bits per heavy atom. The van der Waals surface area contributed by atoms with Crippen LogP contribution in [0.4, 0.5) is 5.82 Å². The van der Waals surface area contributed by atoms with E-state index in [9.17, 15) is 0 Å². The Bertz CT molecular complexity index is 1020. The van der Waals surface area contributed by atoms with Crippen LogP contribution in [0.1, 0.15) is 55.2 Å². The van der Waals surface area contributed by atoms with Crippen LogP contribution in [0, 0.1) is 6.92 Å². The molecule has 2 aromatic rings. The van der Waals surface area contributed by atoms with Gasteiger partial charge in [0.05, 0.1) is 27.9 Å². The number of nitrogens with zero attached hydrogens (tertiary/aromatic N) is 4. The summed E-state index contributed by atoms with van der Waals surface area (Å²) in [5.41, 5.74) is 3.76. The molecule has 0 spiro atoms. The molecule has 0 aliphatic carbocycles. The fourth-order valence-electron chi connectivity index (χ4n) is 3.50. The molecule has 0 saturated carbocycles. The Morgan fingerprint density at radius 2 is 2.09 bits per heavy atom. The highest BCUT2D eigenvalue weighted by Crippen LogP contribution is 2.29. The van der Waals surface area contributed by atoms with Crippen molar-refractivity contribution in [1.29, 1.82) is 0 Å². The minimum atomic E-state index is 0.329. The van der Waals surface area contributed by atoms with Gasteiger partial charge in [-0.3, -0.25) is 4.99 Å². The molecule has 0 fully saturated rings. The first-order chi connectivity index (χ1) is 15.4. The van der Waals surface area contributed by atoms with E-state index in [-0.39, 0.29) is 0 Å². The zero-order valence-corrected chi connectivity index (χ0v) is 21.0. The summed E-state index contributed by atoms with van der Waals surface area (Å²) in [5.74, 6) is 1.56. The Balaban J connectivity index is 1.55. The Hall–Kier alpha value is -2.09. The minimum absolute atomic E-state index is 0.329. The normalized spacial score (nSPS) is 13.1. The van der Waals surface area contributed by atoms with Crippen LogP contribution in [-0.4, -0.2) is 46.0 Å². The summed E-state index contributed by atoms with van der Waals surface area (Å²) >= 11 is 14.1. The van der Waals surface area contributed by atoms with Gasteiger partial charge >= 0.3 is 0 Å². The molecule has 2 N–H and O–H groups in total. The highest BCUT2D eigenvalue weighted by atomic mass is 35.5. The third kappa shape index (κ3) is 6.03. The lowest BCUT2D eigenvalue weighted by molar-refractivity contribution is 0.377. The van der Waals surface area contributed by atoms with Gasteiger partial charge in [0, 0.05) is 19.5 Å². The molecule has 0 unspecified atom stereocenters. The third-order valence-corrected chi connectivity index (χ3v) is 7.21. The molecule has 6 nitrogen and oxygen atoms in total. The number of aliphatic imine (C=N–C) groups is 2. The number of hydrogen-bond donors (Lipinski definition) is 2. The largest absolute Gasteiger partial charge is 0.370 e. The molecule has 1 aliphatic heterocycles. The number of amidine groups is 1. The third-order valence-electron chi connectivity index (χ3n) is 5.28. The first-order valence-corrected chi connectivity index (χ1v) is 12.5. The molecule has 3 rings (SSSR count). The SMILES string of the molecule is C=CNc1nc(Cl)[nH]c1C(=C)N(CCCC)CCCCC1=NCC(c2scc(C)c2Cl)=N1. The smallest absolute Gasteiger partial charge is 0.202 e. The highest BCUT2D eigenvalue weighted by Gasteiger charge is 2.19. The van der Waals surface area contributed by atoms with E-state index in [4.69, 9.17) is 28.2 Å². The van der Waals surface area contributed by atoms with Crippen LogP contribution >= 0.6 is 34.5 Å². The molecule has 0 bridgehead atoms. The quantitative estimate of drug-likeness (QED) is 0.302. The van der Waals surface area contributed by atoms with E-state index in [0.29, 0.717) is 17.6 Å². The lowest BCUT2D eigenvalue weighted by Gasteiger charge is -2.26. The van der Waals surface area contributed by atoms with Gasteiger partial charge in [0.1, 0.15) is 11.5 Å². The van der Waals surface area contributed by atoms with Crippen molar-refractivity contribution < 1.29 is 0 Å². The van der Waals surface area contributed by atoms with E-state index in [1.54, 1.807) is 17.5 Å². The van der Waals surface area contributed by atoms with Gasteiger partial charge in [0.25, 0.3) is 0 Å². The van der Waals surface area contributed by atoms with Gasteiger partial charge < -0.3 is 15.2 Å². The second-order valence-electron chi connectivity index (χ2n) is 7.70. The van der Waals surface area contributed by atoms with E-state index in [2.05, 4.69) is 50.6 Å². The van der Waals surface area contributed by atoms with E-state index in [0.717, 1.165) is 83.6 Å². The number of H-pyrrole nitrogens is 1. The first-order valence-electron chi connectivity index (χ1n) is 10.9. The predicted molar refractivity (Wildman–Crippen MR) is 140 cm³/mol. The molecule has 3 heterocycles. The summed E-state index contributed by atoms with van der Waals surface area (Å²) < 4.78 is 0. The molecule has 9 heteroatoms. The molecule has 0 radical (unpaired) electrons. The van der Waals surface area contributed by atoms with Crippen LogP contribution < -0.4 is 5.32 Å². The van der Waals surface area contributed by atoms with Crippen molar-refractivity contribution in [3.8, 4) is 0 Å². The molecule has 0 amide bonds. The number of hydrogen-bond acceptors (Lipinski definition) is 6. The molecule has 1 aliphatic rings. The summed E-state index contributed by atoms with van der Waals surface area (Å²) in [4.78, 5) is 20.1. The van der Waals surface area contributed by atoms with Crippen LogP contribution in [0.5, 0.6) is 0 Å². The van der Waals surface area contributed by atoms with Gasteiger partial charge in [0.2, 0.25) is 5.28 Å². The number of thiophene rings is 1. The topological polar surface area (TPSA) is 68.7 Å². The number of imidazole rings is 1. The van der Waals surface area contributed by atoms with Crippen molar-refractivity contribution in [2.45, 2.75) is 46.0 Å². The zero-order chi connectivity index (χ0) is 23.1. The zero-order valence-electron chi connectivity index (χ0n) is 18.7. The van der Waals surface area contributed by atoms with Crippen molar-refractivity contribution in [1.82, 2.24) is 14.9 Å². The van der Waals surface area contributed by atoms with Crippen molar-refractivity contribution >= 4 is 57.6 Å². The number of aryl methyl sites for hydroxylation is 1. The van der Waals surface area contributed by atoms with E-state index in [1.807, 2.05) is 6.92 Å². The van der Waals surface area contributed by atoms with E-state index in [1.165, 1.54) is 0 Å². The second kappa shape index (κ2) is 11.7. The molecule has 0 aromatic carbocycles. The maximum atomic E-state index is 6.39. The summed E-state index contributed by atoms with van der Waals surface area (Å²) in [6.45, 7) is 14.7. The lowest BCUT2D eigenvalue weighted by atomic mass is 10.2. The molecular weight excluding hydrogens is 463 g/mol. The number of unbranched alkanes of at least 4 members (excludes halogenated alkanes) is 2. The minimum Gasteiger partial charge on any atom is -0.370 e. The van der Waals surface area contributed by atoms with Crippen LogP contribution in [0.15, 0.2) is 34.7 Å². The molecule has 0 saturated heterocycles.